The molecule has 104 valence electrons. The molecule has 1 saturated heterocycles. The van der Waals surface area contributed by atoms with E-state index in [0.717, 1.165) is 18.8 Å². The van der Waals surface area contributed by atoms with Crippen molar-refractivity contribution >= 4 is 17.3 Å². The summed E-state index contributed by atoms with van der Waals surface area (Å²) in [7, 11) is 3.55. The number of rotatable bonds is 4. The second-order valence-electron chi connectivity index (χ2n) is 5.34. The van der Waals surface area contributed by atoms with Crippen molar-refractivity contribution in [1.29, 1.82) is 0 Å². The molecule has 1 fully saturated rings. The molecule has 0 radical (unpaired) electrons. The third-order valence-corrected chi connectivity index (χ3v) is 3.53. The Bertz CT molecular complexity index is 422. The number of anilines is 2. The fraction of sp³-hybridized carbons (Fsp3) is 0.533. The highest BCUT2D eigenvalue weighted by atomic mass is 16.2. The molecule has 0 saturated carbocycles. The van der Waals surface area contributed by atoms with E-state index in [2.05, 4.69) is 22.3 Å². The molecule has 1 N–H and O–H groups in total. The molecule has 1 aromatic rings. The van der Waals surface area contributed by atoms with Crippen molar-refractivity contribution in [2.24, 2.45) is 0 Å². The average molecular weight is 261 g/mol. The smallest absolute Gasteiger partial charge is 0.244 e. The van der Waals surface area contributed by atoms with Crippen LogP contribution in [-0.2, 0) is 4.79 Å². The van der Waals surface area contributed by atoms with Gasteiger partial charge in [0.15, 0.2) is 0 Å². The van der Waals surface area contributed by atoms with Gasteiger partial charge in [0.1, 0.15) is 6.04 Å². The van der Waals surface area contributed by atoms with E-state index in [1.54, 1.807) is 19.0 Å². The summed E-state index contributed by atoms with van der Waals surface area (Å²) in [4.78, 5) is 15.8. The molecule has 2 rings (SSSR count). The van der Waals surface area contributed by atoms with Gasteiger partial charge in [-0.25, -0.2) is 0 Å². The predicted octanol–water partition coefficient (Wildman–Crippen LogP) is 2.18. The van der Waals surface area contributed by atoms with Crippen LogP contribution in [-0.4, -0.2) is 44.0 Å². The van der Waals surface area contributed by atoms with Crippen molar-refractivity contribution in [1.82, 2.24) is 4.90 Å². The van der Waals surface area contributed by atoms with Crippen LogP contribution in [0, 0.1) is 0 Å². The van der Waals surface area contributed by atoms with E-state index >= 15 is 0 Å². The lowest BCUT2D eigenvalue weighted by atomic mass is 10.2. The van der Waals surface area contributed by atoms with Gasteiger partial charge in [0.2, 0.25) is 5.91 Å². The van der Waals surface area contributed by atoms with Crippen molar-refractivity contribution in [3.8, 4) is 0 Å². The molecule has 1 aromatic carbocycles. The number of amides is 1. The van der Waals surface area contributed by atoms with E-state index in [-0.39, 0.29) is 11.9 Å². The Morgan fingerprint density at radius 1 is 1.21 bits per heavy atom. The van der Waals surface area contributed by atoms with Crippen LogP contribution in [0.3, 0.4) is 0 Å². The number of benzene rings is 1. The van der Waals surface area contributed by atoms with Gasteiger partial charge in [0.25, 0.3) is 0 Å². The topological polar surface area (TPSA) is 35.6 Å². The van der Waals surface area contributed by atoms with Gasteiger partial charge in [0.05, 0.1) is 0 Å². The molecule has 19 heavy (non-hydrogen) atoms. The summed E-state index contributed by atoms with van der Waals surface area (Å²) in [6.45, 7) is 4.20. The van der Waals surface area contributed by atoms with Gasteiger partial charge in [-0.3, -0.25) is 4.79 Å². The van der Waals surface area contributed by atoms with Crippen LogP contribution in [0.15, 0.2) is 24.3 Å². The van der Waals surface area contributed by atoms with Crippen LogP contribution in [0.1, 0.15) is 19.8 Å². The quantitative estimate of drug-likeness (QED) is 0.902. The minimum atomic E-state index is -0.201. The monoisotopic (exact) mass is 261 g/mol. The van der Waals surface area contributed by atoms with Crippen molar-refractivity contribution in [3.05, 3.63) is 24.3 Å². The zero-order valence-corrected chi connectivity index (χ0v) is 12.0. The summed E-state index contributed by atoms with van der Waals surface area (Å²) in [5.41, 5.74) is 2.26. The van der Waals surface area contributed by atoms with Crippen molar-refractivity contribution in [3.63, 3.8) is 0 Å². The summed E-state index contributed by atoms with van der Waals surface area (Å²) in [6, 6.07) is 8.15. The van der Waals surface area contributed by atoms with Crippen LogP contribution in [0.5, 0.6) is 0 Å². The van der Waals surface area contributed by atoms with E-state index in [0.29, 0.717) is 0 Å². The SMILES string of the molecule is CC(Nc1ccc(N2CCCC2)cc1)C(=O)N(C)C. The highest BCUT2D eigenvalue weighted by molar-refractivity contribution is 5.83. The maximum atomic E-state index is 11.8. The van der Waals surface area contributed by atoms with Gasteiger partial charge >= 0.3 is 0 Å². The molecule has 1 aliphatic rings. The summed E-state index contributed by atoms with van der Waals surface area (Å²) >= 11 is 0. The van der Waals surface area contributed by atoms with Crippen molar-refractivity contribution in [2.45, 2.75) is 25.8 Å². The summed E-state index contributed by atoms with van der Waals surface area (Å²) < 4.78 is 0. The summed E-state index contributed by atoms with van der Waals surface area (Å²) in [6.07, 6.45) is 2.57. The summed E-state index contributed by atoms with van der Waals surface area (Å²) in [5, 5.41) is 3.23. The molecule has 0 bridgehead atoms. The number of nitrogens with one attached hydrogen (secondary N) is 1. The van der Waals surface area contributed by atoms with Crippen LogP contribution >= 0.6 is 0 Å². The van der Waals surface area contributed by atoms with Gasteiger partial charge in [-0.15, -0.1) is 0 Å². The van der Waals surface area contributed by atoms with Crippen LogP contribution in [0.2, 0.25) is 0 Å². The predicted molar refractivity (Wildman–Crippen MR) is 79.7 cm³/mol. The van der Waals surface area contributed by atoms with E-state index in [4.69, 9.17) is 0 Å². The molecule has 1 aliphatic heterocycles. The maximum Gasteiger partial charge on any atom is 0.244 e. The maximum absolute atomic E-state index is 11.8. The van der Waals surface area contributed by atoms with Crippen molar-refractivity contribution < 1.29 is 4.79 Å². The Labute approximate surface area is 115 Å². The average Bonchev–Trinajstić information content (AvgIpc) is 2.92. The fourth-order valence-corrected chi connectivity index (χ4v) is 2.44. The molecule has 1 atom stereocenters. The number of likely N-dealkylation sites (N-methyl/N-ethyl adjacent to an activating group) is 1. The number of hydrogen-bond acceptors (Lipinski definition) is 3. The molecular formula is C15H23N3O. The lowest BCUT2D eigenvalue weighted by Crippen LogP contribution is -2.36. The molecule has 4 heteroatoms. The Kier molecular flexibility index (Phi) is 4.30. The molecular weight excluding hydrogens is 238 g/mol. The molecule has 1 heterocycles. The van der Waals surface area contributed by atoms with E-state index in [1.165, 1.54) is 18.5 Å². The van der Waals surface area contributed by atoms with Gasteiger partial charge in [-0.1, -0.05) is 0 Å². The van der Waals surface area contributed by atoms with Crippen molar-refractivity contribution in [2.75, 3.05) is 37.4 Å². The van der Waals surface area contributed by atoms with E-state index in [9.17, 15) is 4.79 Å². The Hall–Kier alpha value is -1.71. The second kappa shape index (κ2) is 5.95. The van der Waals surface area contributed by atoms with Crippen LogP contribution in [0.25, 0.3) is 0 Å². The molecule has 0 aromatic heterocycles. The fourth-order valence-electron chi connectivity index (χ4n) is 2.44. The Morgan fingerprint density at radius 3 is 2.32 bits per heavy atom. The number of carbonyl (C=O) groups excluding carboxylic acids is 1. The van der Waals surface area contributed by atoms with Gasteiger partial charge in [-0.05, 0) is 44.0 Å². The second-order valence-corrected chi connectivity index (χ2v) is 5.34. The first kappa shape index (κ1) is 13.7. The third-order valence-electron chi connectivity index (χ3n) is 3.53. The molecule has 1 amide bonds. The van der Waals surface area contributed by atoms with Gasteiger partial charge in [0, 0.05) is 38.6 Å². The van der Waals surface area contributed by atoms with E-state index < -0.39 is 0 Å². The molecule has 0 aliphatic carbocycles. The lowest BCUT2D eigenvalue weighted by molar-refractivity contribution is -0.129. The first-order chi connectivity index (χ1) is 9.08. The number of hydrogen-bond donors (Lipinski definition) is 1. The Morgan fingerprint density at radius 2 is 1.79 bits per heavy atom. The minimum Gasteiger partial charge on any atom is -0.374 e. The number of nitrogens with zero attached hydrogens (tertiary/aromatic N) is 2. The van der Waals surface area contributed by atoms with Gasteiger partial charge in [-0.2, -0.15) is 0 Å². The standard InChI is InChI=1S/C15H23N3O/c1-12(15(19)17(2)3)16-13-6-8-14(9-7-13)18-10-4-5-11-18/h6-9,12,16H,4-5,10-11H2,1-3H3. The Balaban J connectivity index is 1.96. The first-order valence-corrected chi connectivity index (χ1v) is 6.90. The van der Waals surface area contributed by atoms with Crippen LogP contribution < -0.4 is 10.2 Å². The molecule has 4 nitrogen and oxygen atoms in total. The third kappa shape index (κ3) is 3.40. The zero-order chi connectivity index (χ0) is 13.8. The highest BCUT2D eigenvalue weighted by Crippen LogP contribution is 2.22. The molecule has 1 unspecified atom stereocenters. The zero-order valence-electron chi connectivity index (χ0n) is 12.0. The summed E-state index contributed by atoms with van der Waals surface area (Å²) in [5.74, 6) is 0.0867. The van der Waals surface area contributed by atoms with E-state index in [1.807, 2.05) is 19.1 Å². The lowest BCUT2D eigenvalue weighted by Gasteiger charge is -2.20. The largest absolute Gasteiger partial charge is 0.374 e. The van der Waals surface area contributed by atoms with Gasteiger partial charge < -0.3 is 15.1 Å². The molecule has 0 spiro atoms. The number of carbonyl (C=O) groups is 1. The normalized spacial score (nSPS) is 16.3. The minimum absolute atomic E-state index is 0.0867. The highest BCUT2D eigenvalue weighted by Gasteiger charge is 2.15. The first-order valence-electron chi connectivity index (χ1n) is 6.90. The van der Waals surface area contributed by atoms with Crippen LogP contribution in [0.4, 0.5) is 11.4 Å².